The Morgan fingerprint density at radius 3 is 2.05 bits per heavy atom. The van der Waals surface area contributed by atoms with Crippen LogP contribution in [0.25, 0.3) is 10.8 Å². The maximum atomic E-state index is 8.25. The summed E-state index contributed by atoms with van der Waals surface area (Å²) in [6.07, 6.45) is 0. The molecular formula is C17H21O2PTi. The molecule has 1 unspecified atom stereocenters. The van der Waals surface area contributed by atoms with Crippen molar-refractivity contribution >= 4 is 19.0 Å². The number of benzene rings is 1. The average Bonchev–Trinajstić information content (AvgIpc) is 3.13. The van der Waals surface area contributed by atoms with E-state index in [9.17, 15) is 0 Å². The fourth-order valence-corrected chi connectivity index (χ4v) is 2.45. The molecule has 0 radical (unpaired) electrons. The zero-order chi connectivity index (χ0) is 15.4. The molecular weight excluding hydrogens is 315 g/mol. The van der Waals surface area contributed by atoms with E-state index >= 15 is 0 Å². The minimum absolute atomic E-state index is 0. The molecule has 3 aromatic rings. The third kappa shape index (κ3) is 8.31. The predicted octanol–water partition coefficient (Wildman–Crippen LogP) is 2.64. The fourth-order valence-electron chi connectivity index (χ4n) is 1.53. The van der Waals surface area contributed by atoms with Gasteiger partial charge in [0.2, 0.25) is 0 Å². The van der Waals surface area contributed by atoms with Gasteiger partial charge in [-0.25, -0.2) is 0 Å². The summed E-state index contributed by atoms with van der Waals surface area (Å²) in [5.74, 6) is 5.44. The average molecular weight is 336 g/mol. The van der Waals surface area contributed by atoms with Crippen LogP contribution in [0.3, 0.4) is 0 Å². The summed E-state index contributed by atoms with van der Waals surface area (Å²) in [6.45, 7) is 4.23. The molecule has 2 nitrogen and oxygen atoms in total. The summed E-state index contributed by atoms with van der Waals surface area (Å²) in [5, 5.41) is 19.2. The van der Waals surface area contributed by atoms with Gasteiger partial charge in [-0.2, -0.15) is 54.5 Å². The van der Waals surface area contributed by atoms with Gasteiger partial charge < -0.3 is 10.2 Å². The summed E-state index contributed by atoms with van der Waals surface area (Å²) < 4.78 is 0. The minimum Gasteiger partial charge on any atom is -0.857 e. The van der Waals surface area contributed by atoms with Crippen LogP contribution >= 0.6 is 8.19 Å². The molecule has 0 aliphatic carbocycles. The molecule has 110 valence electrons. The predicted molar refractivity (Wildman–Crippen MR) is 85.6 cm³/mol. The second-order valence-corrected chi connectivity index (χ2v) is 4.70. The molecule has 0 spiro atoms. The van der Waals surface area contributed by atoms with E-state index in [0.717, 1.165) is 22.4 Å². The van der Waals surface area contributed by atoms with E-state index in [0.29, 0.717) is 0 Å². The van der Waals surface area contributed by atoms with Crippen molar-refractivity contribution in [2.75, 3.05) is 14.2 Å². The monoisotopic (exact) mass is 336 g/mol. The maximum absolute atomic E-state index is 8.25. The first kappa shape index (κ1) is 22.5. The molecule has 0 bridgehead atoms. The van der Waals surface area contributed by atoms with Crippen molar-refractivity contribution in [2.45, 2.75) is 13.8 Å². The molecule has 0 amide bonds. The van der Waals surface area contributed by atoms with Crippen LogP contribution in [0, 0.1) is 19.6 Å². The van der Waals surface area contributed by atoms with Crippen LogP contribution in [0.4, 0.5) is 0 Å². The Kier molecular flexibility index (Phi) is 15.2. The molecule has 0 saturated heterocycles. The summed E-state index contributed by atoms with van der Waals surface area (Å²) in [6, 6.07) is 14.7. The zero-order valence-electron chi connectivity index (χ0n) is 12.9. The van der Waals surface area contributed by atoms with Crippen molar-refractivity contribution in [3.63, 3.8) is 0 Å². The van der Waals surface area contributed by atoms with E-state index in [2.05, 4.69) is 67.9 Å². The van der Waals surface area contributed by atoms with Crippen molar-refractivity contribution in [1.82, 2.24) is 0 Å². The summed E-state index contributed by atoms with van der Waals surface area (Å²) in [7, 11) is 2.32. The molecule has 1 heterocycles. The molecule has 0 N–H and O–H groups in total. The molecule has 0 saturated carbocycles. The minimum atomic E-state index is 0. The van der Waals surface area contributed by atoms with Gasteiger partial charge in [0.15, 0.2) is 0 Å². The summed E-state index contributed by atoms with van der Waals surface area (Å²) in [5.41, 5.74) is 2.73. The van der Waals surface area contributed by atoms with Gasteiger partial charge in [0, 0.05) is 0 Å². The Bertz CT molecular complexity index is 526. The Labute approximate surface area is 144 Å². The number of hydrogen-bond donors (Lipinski definition) is 0. The molecule has 0 fully saturated rings. The Morgan fingerprint density at radius 2 is 1.62 bits per heavy atom. The van der Waals surface area contributed by atoms with Crippen LogP contribution < -0.4 is 10.2 Å². The van der Waals surface area contributed by atoms with Crippen molar-refractivity contribution in [1.29, 1.82) is 0 Å². The quantitative estimate of drug-likeness (QED) is 0.468. The molecule has 0 aliphatic rings. The van der Waals surface area contributed by atoms with E-state index in [1.54, 1.807) is 0 Å². The largest absolute Gasteiger partial charge is 4.00 e. The first-order chi connectivity index (χ1) is 9.77. The first-order valence-electron chi connectivity index (χ1n) is 6.22. The topological polar surface area (TPSA) is 46.1 Å². The third-order valence-electron chi connectivity index (χ3n) is 2.69. The van der Waals surface area contributed by atoms with Gasteiger partial charge in [0.25, 0.3) is 0 Å². The van der Waals surface area contributed by atoms with Crippen LogP contribution in [0.1, 0.15) is 11.1 Å². The normalized spacial score (nSPS) is 8.48. The molecule has 3 rings (SSSR count). The van der Waals surface area contributed by atoms with E-state index in [1.807, 2.05) is 0 Å². The molecule has 1 aromatic heterocycles. The van der Waals surface area contributed by atoms with Gasteiger partial charge in [-0.15, -0.1) is 29.7 Å². The molecule has 21 heavy (non-hydrogen) atoms. The molecule has 0 aliphatic heterocycles. The Hall–Kier alpha value is -0.756. The van der Waals surface area contributed by atoms with E-state index in [-0.39, 0.29) is 21.7 Å². The number of hydrogen-bond acceptors (Lipinski definition) is 2. The standard InChI is InChI=1S/C9H7.C6H8P.2CH3O.Ti/c1-2-5-9-7-3-6-8(9)4-1;1-5-3-7-4-6(5)2;2*1-2;/h1-7H;3,7H,1-2H3;2*1H3;/q4*-1;+4. The van der Waals surface area contributed by atoms with E-state index in [4.69, 9.17) is 10.2 Å². The molecule has 2 aromatic carbocycles. The van der Waals surface area contributed by atoms with E-state index < -0.39 is 0 Å². The summed E-state index contributed by atoms with van der Waals surface area (Å²) in [4.78, 5) is 0. The van der Waals surface area contributed by atoms with Gasteiger partial charge in [0.05, 0.1) is 0 Å². The van der Waals surface area contributed by atoms with Gasteiger partial charge >= 0.3 is 21.7 Å². The number of fused-ring (bicyclic) bond motifs is 1. The first-order valence-corrected chi connectivity index (χ1v) is 7.29. The van der Waals surface area contributed by atoms with Crippen molar-refractivity contribution in [3.8, 4) is 0 Å². The second-order valence-electron chi connectivity index (χ2n) is 3.88. The Balaban J connectivity index is 0. The second kappa shape index (κ2) is 14.2. The SMILES string of the molecule is C[O-].C[O-].Cc1[c-][pH]cc1C.[Ti+4].c1ccc2[cH-]ccc2c1. The van der Waals surface area contributed by atoms with Crippen LogP contribution in [0.2, 0.25) is 0 Å². The smallest absolute Gasteiger partial charge is 0.857 e. The van der Waals surface area contributed by atoms with Gasteiger partial charge in [-0.05, 0) is 0 Å². The number of rotatable bonds is 0. The van der Waals surface area contributed by atoms with Crippen LogP contribution in [-0.4, -0.2) is 14.2 Å². The van der Waals surface area contributed by atoms with Crippen molar-refractivity contribution in [3.05, 3.63) is 65.2 Å². The Morgan fingerprint density at radius 1 is 1.00 bits per heavy atom. The number of aryl methyl sites for hydroxylation is 2. The maximum Gasteiger partial charge on any atom is 4.00 e. The van der Waals surface area contributed by atoms with Crippen LogP contribution in [0.15, 0.2) is 48.3 Å². The van der Waals surface area contributed by atoms with Gasteiger partial charge in [0.1, 0.15) is 0 Å². The van der Waals surface area contributed by atoms with E-state index in [1.165, 1.54) is 21.9 Å². The van der Waals surface area contributed by atoms with Crippen LogP contribution in [0.5, 0.6) is 0 Å². The molecule has 4 heteroatoms. The fraction of sp³-hybridized carbons (Fsp3) is 0.235. The zero-order valence-corrected chi connectivity index (χ0v) is 15.5. The van der Waals surface area contributed by atoms with Crippen molar-refractivity contribution < 1.29 is 31.9 Å². The third-order valence-corrected chi connectivity index (χ3v) is 3.78. The van der Waals surface area contributed by atoms with Gasteiger partial charge in [-0.1, -0.05) is 19.9 Å². The molecule has 1 atom stereocenters. The van der Waals surface area contributed by atoms with Crippen LogP contribution in [-0.2, 0) is 21.7 Å². The van der Waals surface area contributed by atoms with Crippen molar-refractivity contribution in [2.24, 2.45) is 0 Å². The summed E-state index contributed by atoms with van der Waals surface area (Å²) >= 11 is 0. The van der Waals surface area contributed by atoms with Gasteiger partial charge in [-0.3, -0.25) is 8.19 Å².